The molecule has 2 amide bonds. The summed E-state index contributed by atoms with van der Waals surface area (Å²) in [4.78, 5) is 28.5. The Morgan fingerprint density at radius 2 is 1.31 bits per heavy atom. The number of benzene rings is 5. The smallest absolute Gasteiger partial charge is 0.410 e. The maximum atomic E-state index is 14.1. The number of fused-ring (bicyclic) bond motifs is 1. The van der Waals surface area contributed by atoms with Crippen molar-refractivity contribution in [2.24, 2.45) is 5.92 Å². The second-order valence-electron chi connectivity index (χ2n) is 13.8. The lowest BCUT2D eigenvalue weighted by atomic mass is 9.77. The number of rotatable bonds is 7. The van der Waals surface area contributed by atoms with Crippen LogP contribution in [0.15, 0.2) is 127 Å². The van der Waals surface area contributed by atoms with Gasteiger partial charge in [-0.15, -0.1) is 0 Å². The van der Waals surface area contributed by atoms with Gasteiger partial charge in [-0.3, -0.25) is 4.79 Å². The number of aromatic nitrogens is 2. The first-order valence-corrected chi connectivity index (χ1v) is 17.7. The topological polar surface area (TPSA) is 76.5 Å². The fraction of sp³-hybridized carbons (Fsp3) is 0.214. The molecule has 7 nitrogen and oxygen atoms in total. The van der Waals surface area contributed by atoms with E-state index in [1.165, 1.54) is 0 Å². The average molecular weight is 718 g/mol. The Balaban J connectivity index is 1.42. The Morgan fingerprint density at radius 3 is 1.84 bits per heavy atom. The Labute approximate surface area is 307 Å². The molecule has 9 heteroatoms. The molecular weight excluding hydrogens is 679 g/mol. The number of hydrogen-bond acceptors (Lipinski definition) is 4. The molecule has 0 spiro atoms. The van der Waals surface area contributed by atoms with E-state index in [1.807, 2.05) is 104 Å². The zero-order valence-corrected chi connectivity index (χ0v) is 30.2. The van der Waals surface area contributed by atoms with Gasteiger partial charge in [-0.05, 0) is 73.7 Å². The van der Waals surface area contributed by atoms with Gasteiger partial charge < -0.3 is 15.0 Å². The van der Waals surface area contributed by atoms with E-state index in [-0.39, 0.29) is 12.5 Å². The van der Waals surface area contributed by atoms with Crippen molar-refractivity contribution < 1.29 is 14.3 Å². The van der Waals surface area contributed by atoms with E-state index < -0.39 is 23.2 Å². The fourth-order valence-corrected chi connectivity index (χ4v) is 7.60. The summed E-state index contributed by atoms with van der Waals surface area (Å²) in [5, 5.41) is 10.2. The van der Waals surface area contributed by atoms with Gasteiger partial charge in [0.05, 0.1) is 11.4 Å². The molecule has 1 fully saturated rings. The van der Waals surface area contributed by atoms with Gasteiger partial charge in [0.1, 0.15) is 11.1 Å². The number of ether oxygens (including phenoxy) is 1. The third-order valence-corrected chi connectivity index (χ3v) is 9.91. The number of halogens is 2. The molecule has 0 radical (unpaired) electrons. The molecule has 1 saturated heterocycles. The SMILES string of the molecule is CC(C)(C)OC(=O)N1CC[C@H](C(=O)Nc2nn(C(c3ccccc3)(c3ccccc3)c3ccccc3)c3ccc(-c4c(Cl)cccc4Cl)cc23)C1. The number of amides is 2. The van der Waals surface area contributed by atoms with E-state index in [2.05, 4.69) is 41.7 Å². The lowest BCUT2D eigenvalue weighted by Gasteiger charge is -2.37. The van der Waals surface area contributed by atoms with Crippen LogP contribution in [-0.2, 0) is 15.1 Å². The minimum Gasteiger partial charge on any atom is -0.444 e. The Kier molecular flexibility index (Phi) is 9.36. The molecule has 0 unspecified atom stereocenters. The highest BCUT2D eigenvalue weighted by Gasteiger charge is 2.41. The van der Waals surface area contributed by atoms with E-state index in [4.69, 9.17) is 33.0 Å². The standard InChI is InChI=1S/C42H38Cl2N4O3/c1-41(2,3)51-40(50)47-25-24-29(27-47)39(49)45-38-33-26-28(37-34(43)20-13-21-35(37)44)22-23-36(33)48(46-38)42(30-14-7-4-8-15-30,31-16-9-5-10-17-31)32-18-11-6-12-19-32/h4-23,26,29H,24-25,27H2,1-3H3,(H,45,46,49)/t29-/m0/s1. The first-order valence-electron chi connectivity index (χ1n) is 17.0. The fourth-order valence-electron chi connectivity index (χ4n) is 6.99. The number of nitrogens with zero attached hydrogens (tertiary/aromatic N) is 3. The van der Waals surface area contributed by atoms with E-state index in [1.54, 1.807) is 17.0 Å². The first kappa shape index (κ1) is 34.3. The van der Waals surface area contributed by atoms with Crippen LogP contribution in [0.1, 0.15) is 43.9 Å². The van der Waals surface area contributed by atoms with Gasteiger partial charge in [-0.2, -0.15) is 5.10 Å². The van der Waals surface area contributed by atoms with Gasteiger partial charge in [-0.1, -0.05) is 126 Å². The summed E-state index contributed by atoms with van der Waals surface area (Å²) >= 11 is 13.4. The molecule has 1 aliphatic heterocycles. The molecule has 7 rings (SSSR count). The summed E-state index contributed by atoms with van der Waals surface area (Å²) in [5.74, 6) is -0.275. The largest absolute Gasteiger partial charge is 0.444 e. The molecule has 2 heterocycles. The molecule has 0 saturated carbocycles. The normalized spacial score (nSPS) is 14.8. The van der Waals surface area contributed by atoms with Gasteiger partial charge in [0.15, 0.2) is 5.82 Å². The van der Waals surface area contributed by atoms with E-state index >= 15 is 0 Å². The second-order valence-corrected chi connectivity index (χ2v) is 14.6. The molecular formula is C42H38Cl2N4O3. The van der Waals surface area contributed by atoms with Crippen molar-refractivity contribution in [2.75, 3.05) is 18.4 Å². The van der Waals surface area contributed by atoms with Crippen molar-refractivity contribution in [2.45, 2.75) is 38.3 Å². The van der Waals surface area contributed by atoms with Crippen LogP contribution in [0.2, 0.25) is 10.0 Å². The summed E-state index contributed by atoms with van der Waals surface area (Å²) in [6, 6.07) is 42.2. The molecule has 1 atom stereocenters. The van der Waals surface area contributed by atoms with Crippen LogP contribution in [-0.4, -0.2) is 45.4 Å². The van der Waals surface area contributed by atoms with Crippen LogP contribution in [0.25, 0.3) is 22.0 Å². The van der Waals surface area contributed by atoms with Crippen molar-refractivity contribution in [1.82, 2.24) is 14.7 Å². The zero-order valence-electron chi connectivity index (χ0n) is 28.6. The third kappa shape index (κ3) is 6.60. The monoisotopic (exact) mass is 716 g/mol. The summed E-state index contributed by atoms with van der Waals surface area (Å²) in [6.07, 6.45) is 0.0822. The number of hydrogen-bond donors (Lipinski definition) is 1. The van der Waals surface area contributed by atoms with Crippen molar-refractivity contribution in [1.29, 1.82) is 0 Å². The molecule has 258 valence electrons. The first-order chi connectivity index (χ1) is 24.6. The van der Waals surface area contributed by atoms with E-state index in [9.17, 15) is 9.59 Å². The molecule has 0 bridgehead atoms. The average Bonchev–Trinajstić information content (AvgIpc) is 3.76. The van der Waals surface area contributed by atoms with Crippen LogP contribution in [0.3, 0.4) is 0 Å². The minimum absolute atomic E-state index is 0.224. The summed E-state index contributed by atoms with van der Waals surface area (Å²) in [6.45, 7) is 6.17. The van der Waals surface area contributed by atoms with Gasteiger partial charge >= 0.3 is 6.09 Å². The Morgan fingerprint density at radius 1 is 0.765 bits per heavy atom. The number of likely N-dealkylation sites (tertiary alicyclic amines) is 1. The van der Waals surface area contributed by atoms with Crippen molar-refractivity contribution in [3.63, 3.8) is 0 Å². The third-order valence-electron chi connectivity index (χ3n) is 9.28. The predicted molar refractivity (Wildman–Crippen MR) is 204 cm³/mol. The number of carbonyl (C=O) groups excluding carboxylic acids is 2. The maximum Gasteiger partial charge on any atom is 0.410 e. The van der Waals surface area contributed by atoms with Gasteiger partial charge in [0.2, 0.25) is 5.91 Å². The lowest BCUT2D eigenvalue weighted by molar-refractivity contribution is -0.119. The van der Waals surface area contributed by atoms with Gasteiger partial charge in [0, 0.05) is 34.1 Å². The second kappa shape index (κ2) is 13.9. The van der Waals surface area contributed by atoms with Crippen LogP contribution in [0.5, 0.6) is 0 Å². The van der Waals surface area contributed by atoms with Crippen molar-refractivity contribution in [3.05, 3.63) is 154 Å². The molecule has 0 aliphatic carbocycles. The highest BCUT2D eigenvalue weighted by atomic mass is 35.5. The zero-order chi connectivity index (χ0) is 35.8. The number of carbonyl (C=O) groups is 2. The number of nitrogens with one attached hydrogen (secondary N) is 1. The highest BCUT2D eigenvalue weighted by Crippen LogP contribution is 2.45. The molecule has 6 aromatic rings. The van der Waals surface area contributed by atoms with Crippen LogP contribution >= 0.6 is 23.2 Å². The van der Waals surface area contributed by atoms with Crippen LogP contribution in [0, 0.1) is 5.92 Å². The number of anilines is 1. The predicted octanol–water partition coefficient (Wildman–Crippen LogP) is 10.0. The molecule has 1 aromatic heterocycles. The van der Waals surface area contributed by atoms with Crippen molar-refractivity contribution >= 4 is 51.9 Å². The molecule has 1 aliphatic rings. The highest BCUT2D eigenvalue weighted by molar-refractivity contribution is 6.39. The van der Waals surface area contributed by atoms with Gasteiger partial charge in [0.25, 0.3) is 0 Å². The van der Waals surface area contributed by atoms with Crippen LogP contribution < -0.4 is 5.32 Å². The lowest BCUT2D eigenvalue weighted by Crippen LogP contribution is -2.38. The van der Waals surface area contributed by atoms with Crippen molar-refractivity contribution in [3.8, 4) is 11.1 Å². The maximum absolute atomic E-state index is 14.1. The molecule has 5 aromatic carbocycles. The van der Waals surface area contributed by atoms with Gasteiger partial charge in [-0.25, -0.2) is 9.48 Å². The quantitative estimate of drug-likeness (QED) is 0.167. The molecule has 51 heavy (non-hydrogen) atoms. The summed E-state index contributed by atoms with van der Waals surface area (Å²) in [7, 11) is 0. The summed E-state index contributed by atoms with van der Waals surface area (Å²) in [5.41, 5.74) is 3.68. The minimum atomic E-state index is -0.935. The molecule has 1 N–H and O–H groups in total. The Bertz CT molecular complexity index is 2080. The van der Waals surface area contributed by atoms with E-state index in [0.717, 1.165) is 27.8 Å². The Hall–Kier alpha value is -5.11. The summed E-state index contributed by atoms with van der Waals surface area (Å²) < 4.78 is 7.60. The van der Waals surface area contributed by atoms with E-state index in [0.29, 0.717) is 39.8 Å². The van der Waals surface area contributed by atoms with Crippen LogP contribution in [0.4, 0.5) is 10.6 Å².